The summed E-state index contributed by atoms with van der Waals surface area (Å²) in [5, 5.41) is 9.11. The second kappa shape index (κ2) is 4.00. The van der Waals surface area contributed by atoms with Gasteiger partial charge < -0.3 is 0 Å². The third kappa shape index (κ3) is 2.84. The van der Waals surface area contributed by atoms with Gasteiger partial charge in [0.15, 0.2) is 0 Å². The Labute approximate surface area is 94.2 Å². The lowest BCUT2D eigenvalue weighted by Gasteiger charge is -2.41. The maximum Gasteiger partial charge on any atom is 0.0684 e. The van der Waals surface area contributed by atoms with Gasteiger partial charge in [-0.05, 0) is 51.4 Å². The van der Waals surface area contributed by atoms with E-state index in [0.29, 0.717) is 11.3 Å². The Bertz CT molecular complexity index is 302. The van der Waals surface area contributed by atoms with Gasteiger partial charge in [-0.15, -0.1) is 0 Å². The summed E-state index contributed by atoms with van der Waals surface area (Å²) in [5.74, 6) is 0.570. The van der Waals surface area contributed by atoms with E-state index in [0.717, 1.165) is 6.42 Å². The fourth-order valence-corrected chi connectivity index (χ4v) is 2.60. The predicted octanol–water partition coefficient (Wildman–Crippen LogP) is 4.31. The fourth-order valence-electron chi connectivity index (χ4n) is 2.60. The minimum absolute atomic E-state index is 0.200. The first-order valence-electron chi connectivity index (χ1n) is 5.86. The summed E-state index contributed by atoms with van der Waals surface area (Å²) in [4.78, 5) is 0. The van der Waals surface area contributed by atoms with Crippen LogP contribution in [0.4, 0.5) is 0 Å². The van der Waals surface area contributed by atoms with Crippen molar-refractivity contribution in [3.05, 3.63) is 11.6 Å². The molecule has 0 radical (unpaired) electrons. The van der Waals surface area contributed by atoms with Crippen LogP contribution in [0, 0.1) is 28.1 Å². The van der Waals surface area contributed by atoms with Crippen molar-refractivity contribution >= 4 is 0 Å². The van der Waals surface area contributed by atoms with Crippen molar-refractivity contribution in [3.63, 3.8) is 0 Å². The van der Waals surface area contributed by atoms with Gasteiger partial charge in [0.25, 0.3) is 0 Å². The van der Waals surface area contributed by atoms with Crippen molar-refractivity contribution in [2.45, 2.75) is 53.9 Å². The Balaban J connectivity index is 2.87. The second-order valence-corrected chi connectivity index (χ2v) is 6.23. The first-order chi connectivity index (χ1) is 6.78. The number of nitrogens with zero attached hydrogens (tertiary/aromatic N) is 1. The molecule has 0 heterocycles. The molecular formula is C14H23N. The smallest absolute Gasteiger partial charge is 0.0684 e. The predicted molar refractivity (Wildman–Crippen MR) is 64.3 cm³/mol. The Morgan fingerprint density at radius 2 is 2.13 bits per heavy atom. The van der Waals surface area contributed by atoms with Crippen LogP contribution in [0.25, 0.3) is 0 Å². The second-order valence-electron chi connectivity index (χ2n) is 6.23. The molecule has 1 aliphatic carbocycles. The molecular weight excluding hydrogens is 182 g/mol. The molecule has 0 amide bonds. The molecule has 0 aromatic heterocycles. The van der Waals surface area contributed by atoms with Crippen molar-refractivity contribution < 1.29 is 0 Å². The largest absolute Gasteiger partial charge is 0.198 e. The minimum Gasteiger partial charge on any atom is -0.198 e. The third-order valence-corrected chi connectivity index (χ3v) is 3.77. The van der Waals surface area contributed by atoms with E-state index in [1.165, 1.54) is 18.4 Å². The standard InChI is InChI=1S/C14H23N/c1-11-7-6-8-14(4,5)12(11)9-13(2,3)10-15/h7,12H,6,8-9H2,1-5H3. The molecule has 0 bridgehead atoms. The van der Waals surface area contributed by atoms with E-state index >= 15 is 0 Å². The lowest BCUT2D eigenvalue weighted by Crippen LogP contribution is -2.31. The molecule has 0 saturated heterocycles. The summed E-state index contributed by atoms with van der Waals surface area (Å²) >= 11 is 0. The quantitative estimate of drug-likeness (QED) is 0.616. The average Bonchev–Trinajstić information content (AvgIpc) is 2.12. The van der Waals surface area contributed by atoms with E-state index in [9.17, 15) is 0 Å². The van der Waals surface area contributed by atoms with Gasteiger partial charge in [0, 0.05) is 0 Å². The van der Waals surface area contributed by atoms with Crippen molar-refractivity contribution in [2.75, 3.05) is 0 Å². The zero-order chi connectivity index (χ0) is 11.7. The molecule has 0 spiro atoms. The normalized spacial score (nSPS) is 25.6. The van der Waals surface area contributed by atoms with Crippen molar-refractivity contribution in [2.24, 2.45) is 16.7 Å². The summed E-state index contributed by atoms with van der Waals surface area (Å²) in [6, 6.07) is 2.42. The summed E-state index contributed by atoms with van der Waals surface area (Å²) in [6.45, 7) is 11.0. The maximum absolute atomic E-state index is 9.11. The van der Waals surface area contributed by atoms with Crippen LogP contribution in [0.15, 0.2) is 11.6 Å². The molecule has 0 fully saturated rings. The van der Waals surface area contributed by atoms with E-state index in [1.807, 2.05) is 13.8 Å². The Hall–Kier alpha value is -0.770. The summed E-state index contributed by atoms with van der Waals surface area (Å²) < 4.78 is 0. The monoisotopic (exact) mass is 205 g/mol. The van der Waals surface area contributed by atoms with E-state index in [-0.39, 0.29) is 5.41 Å². The van der Waals surface area contributed by atoms with Crippen molar-refractivity contribution in [1.82, 2.24) is 0 Å². The average molecular weight is 205 g/mol. The molecule has 15 heavy (non-hydrogen) atoms. The SMILES string of the molecule is CC1=CCCC(C)(C)C1CC(C)(C)C#N. The van der Waals surface area contributed by atoms with Gasteiger partial charge in [0.1, 0.15) is 0 Å². The van der Waals surface area contributed by atoms with Crippen LogP contribution in [0.1, 0.15) is 53.9 Å². The lowest BCUT2D eigenvalue weighted by atomic mass is 9.64. The molecule has 1 rings (SSSR count). The Morgan fingerprint density at radius 1 is 1.53 bits per heavy atom. The van der Waals surface area contributed by atoms with Gasteiger partial charge in [-0.2, -0.15) is 5.26 Å². The van der Waals surface area contributed by atoms with Gasteiger partial charge in [-0.3, -0.25) is 0 Å². The number of hydrogen-bond donors (Lipinski definition) is 0. The van der Waals surface area contributed by atoms with Crippen LogP contribution < -0.4 is 0 Å². The van der Waals surface area contributed by atoms with Gasteiger partial charge in [-0.25, -0.2) is 0 Å². The molecule has 0 aliphatic heterocycles. The molecule has 84 valence electrons. The van der Waals surface area contributed by atoms with Gasteiger partial charge >= 0.3 is 0 Å². The van der Waals surface area contributed by atoms with Crippen LogP contribution in [0.5, 0.6) is 0 Å². The number of hydrogen-bond acceptors (Lipinski definition) is 1. The highest BCUT2D eigenvalue weighted by atomic mass is 14.4. The summed E-state index contributed by atoms with van der Waals surface area (Å²) in [6.07, 6.45) is 5.78. The first-order valence-corrected chi connectivity index (χ1v) is 5.86. The van der Waals surface area contributed by atoms with Gasteiger partial charge in [0.05, 0.1) is 11.5 Å². The van der Waals surface area contributed by atoms with Gasteiger partial charge in [0.2, 0.25) is 0 Å². The van der Waals surface area contributed by atoms with Gasteiger partial charge in [-0.1, -0.05) is 25.5 Å². The molecule has 1 aliphatic rings. The molecule has 1 heteroatoms. The van der Waals surface area contributed by atoms with Crippen LogP contribution in [0.2, 0.25) is 0 Å². The van der Waals surface area contributed by atoms with Crippen LogP contribution in [-0.4, -0.2) is 0 Å². The Morgan fingerprint density at radius 3 is 2.60 bits per heavy atom. The maximum atomic E-state index is 9.11. The topological polar surface area (TPSA) is 23.8 Å². The number of rotatable bonds is 2. The molecule has 1 nitrogen and oxygen atoms in total. The van der Waals surface area contributed by atoms with Crippen molar-refractivity contribution in [3.8, 4) is 6.07 Å². The zero-order valence-electron chi connectivity index (χ0n) is 10.7. The fraction of sp³-hybridized carbons (Fsp3) is 0.786. The van der Waals surface area contributed by atoms with Crippen LogP contribution in [0.3, 0.4) is 0 Å². The van der Waals surface area contributed by atoms with Crippen LogP contribution >= 0.6 is 0 Å². The van der Waals surface area contributed by atoms with E-state index in [4.69, 9.17) is 5.26 Å². The summed E-state index contributed by atoms with van der Waals surface area (Å²) in [5.41, 5.74) is 1.64. The molecule has 1 unspecified atom stereocenters. The molecule has 0 saturated carbocycles. The highest BCUT2D eigenvalue weighted by Crippen LogP contribution is 2.46. The number of nitriles is 1. The number of allylic oxidation sites excluding steroid dienone is 2. The molecule has 1 atom stereocenters. The minimum atomic E-state index is -0.200. The molecule has 0 aromatic rings. The highest BCUT2D eigenvalue weighted by molar-refractivity contribution is 5.14. The summed E-state index contributed by atoms with van der Waals surface area (Å²) in [7, 11) is 0. The zero-order valence-corrected chi connectivity index (χ0v) is 10.7. The van der Waals surface area contributed by atoms with Crippen LogP contribution in [-0.2, 0) is 0 Å². The van der Waals surface area contributed by atoms with E-state index < -0.39 is 0 Å². The highest BCUT2D eigenvalue weighted by Gasteiger charge is 2.36. The van der Waals surface area contributed by atoms with Crippen molar-refractivity contribution in [1.29, 1.82) is 5.26 Å². The molecule has 0 aromatic carbocycles. The first kappa shape index (κ1) is 12.3. The lowest BCUT2D eigenvalue weighted by molar-refractivity contribution is 0.170. The third-order valence-electron chi connectivity index (χ3n) is 3.77. The van der Waals surface area contributed by atoms with E-state index in [2.05, 4.69) is 32.9 Å². The van der Waals surface area contributed by atoms with E-state index in [1.54, 1.807) is 0 Å². The molecule has 0 N–H and O–H groups in total. The Kier molecular flexibility index (Phi) is 3.28.